The lowest BCUT2D eigenvalue weighted by molar-refractivity contribution is -0.146. The summed E-state index contributed by atoms with van der Waals surface area (Å²) in [5.41, 5.74) is 0. The number of carbonyl (C=O) groups is 5. The number of likely N-dealkylation sites (N-methyl/N-ethyl adjacent to an activating group) is 2. The first-order chi connectivity index (χ1) is 21.0. The molecule has 1 rings (SSSR count). The molecule has 0 bridgehead atoms. The summed E-state index contributed by atoms with van der Waals surface area (Å²) in [4.78, 5) is 69.2. The number of carboxylic acids is 1. The van der Waals surface area contributed by atoms with Crippen LogP contribution in [-0.2, 0) is 33.4 Å². The number of methoxy groups -OCH3 is 2. The van der Waals surface area contributed by atoms with E-state index in [1.165, 1.54) is 14.2 Å². The first kappa shape index (κ1) is 40.3. The fraction of sp³-hybridized carbons (Fsp3) is 0.844. The molecule has 45 heavy (non-hydrogen) atoms. The molecule has 7 atom stereocenters. The average molecular weight is 642 g/mol. The zero-order valence-electron chi connectivity index (χ0n) is 29.3. The Labute approximate surface area is 269 Å². The molecule has 0 saturated carbocycles. The summed E-state index contributed by atoms with van der Waals surface area (Å²) in [6.45, 7) is 13.5. The molecule has 1 heterocycles. The maximum Gasteiger partial charge on any atom is 0.322 e. The molecule has 1 aliphatic rings. The van der Waals surface area contributed by atoms with Crippen molar-refractivity contribution in [3.05, 3.63) is 0 Å². The van der Waals surface area contributed by atoms with Crippen LogP contribution >= 0.6 is 0 Å². The number of carboxylic acid groups (broad SMARTS) is 1. The second kappa shape index (κ2) is 19.0. The van der Waals surface area contributed by atoms with Gasteiger partial charge >= 0.3 is 5.97 Å². The highest BCUT2D eigenvalue weighted by molar-refractivity contribution is 5.88. The Morgan fingerprint density at radius 3 is 2.02 bits per heavy atom. The summed E-state index contributed by atoms with van der Waals surface area (Å²) in [5, 5.41) is 14.1. The summed E-state index contributed by atoms with van der Waals surface area (Å²) in [6.07, 6.45) is 0.858. The Bertz CT molecular complexity index is 993. The van der Waals surface area contributed by atoms with E-state index in [2.05, 4.69) is 10.6 Å². The second-order valence-electron chi connectivity index (χ2n) is 12.9. The van der Waals surface area contributed by atoms with E-state index < -0.39 is 42.6 Å². The van der Waals surface area contributed by atoms with Crippen molar-refractivity contribution in [2.75, 3.05) is 47.9 Å². The number of hydrogen-bond donors (Lipinski definition) is 3. The van der Waals surface area contributed by atoms with Crippen LogP contribution in [0.25, 0.3) is 0 Å². The Balaban J connectivity index is 3.08. The van der Waals surface area contributed by atoms with Crippen molar-refractivity contribution in [3.8, 4) is 0 Å². The molecule has 4 amide bonds. The molecule has 3 N–H and O–H groups in total. The lowest BCUT2D eigenvalue weighted by Gasteiger charge is -2.39. The Morgan fingerprint density at radius 2 is 1.53 bits per heavy atom. The summed E-state index contributed by atoms with van der Waals surface area (Å²) >= 11 is 0. The molecule has 0 aromatic heterocycles. The third-order valence-electron chi connectivity index (χ3n) is 9.29. The number of rotatable bonds is 19. The van der Waals surface area contributed by atoms with Crippen LogP contribution in [0.3, 0.4) is 0 Å². The van der Waals surface area contributed by atoms with Gasteiger partial charge in [-0.05, 0) is 45.6 Å². The molecule has 13 nitrogen and oxygen atoms in total. The third-order valence-corrected chi connectivity index (χ3v) is 9.29. The number of nitrogens with one attached hydrogen (secondary N) is 2. The van der Waals surface area contributed by atoms with Crippen molar-refractivity contribution in [1.29, 1.82) is 0 Å². The van der Waals surface area contributed by atoms with Crippen LogP contribution < -0.4 is 10.6 Å². The van der Waals surface area contributed by atoms with E-state index in [0.29, 0.717) is 13.0 Å². The van der Waals surface area contributed by atoms with Gasteiger partial charge in [-0.1, -0.05) is 41.0 Å². The van der Waals surface area contributed by atoms with Crippen molar-refractivity contribution in [3.63, 3.8) is 0 Å². The van der Waals surface area contributed by atoms with Crippen molar-refractivity contribution in [2.24, 2.45) is 17.8 Å². The van der Waals surface area contributed by atoms with Crippen LogP contribution in [0, 0.1) is 17.8 Å². The van der Waals surface area contributed by atoms with Gasteiger partial charge in [0.2, 0.25) is 23.6 Å². The average Bonchev–Trinajstić information content (AvgIpc) is 3.47. The molecular weight excluding hydrogens is 582 g/mol. The fourth-order valence-corrected chi connectivity index (χ4v) is 6.32. The van der Waals surface area contributed by atoms with E-state index in [9.17, 15) is 24.0 Å². The minimum Gasteiger partial charge on any atom is -0.480 e. The van der Waals surface area contributed by atoms with Crippen LogP contribution in [0.15, 0.2) is 0 Å². The van der Waals surface area contributed by atoms with E-state index >= 15 is 0 Å². The first-order valence-electron chi connectivity index (χ1n) is 16.1. The summed E-state index contributed by atoms with van der Waals surface area (Å²) in [6, 6.07) is -1.04. The second-order valence-corrected chi connectivity index (χ2v) is 12.9. The van der Waals surface area contributed by atoms with Crippen LogP contribution in [0.4, 0.5) is 0 Å². The van der Waals surface area contributed by atoms with Gasteiger partial charge in [-0.2, -0.15) is 0 Å². The van der Waals surface area contributed by atoms with E-state index in [1.54, 1.807) is 23.8 Å². The number of ether oxygens (including phenoxy) is 2. The molecule has 0 spiro atoms. The van der Waals surface area contributed by atoms with Crippen LogP contribution in [0.1, 0.15) is 74.1 Å². The molecule has 1 saturated heterocycles. The van der Waals surface area contributed by atoms with Gasteiger partial charge in [0.15, 0.2) is 0 Å². The minimum atomic E-state index is -1.15. The van der Waals surface area contributed by atoms with Crippen molar-refractivity contribution < 1.29 is 38.6 Å². The Morgan fingerprint density at radius 1 is 0.933 bits per heavy atom. The number of likely N-dealkylation sites (tertiary alicyclic amines) is 1. The normalized spacial score (nSPS) is 19.2. The molecule has 0 radical (unpaired) electrons. The molecule has 1 aliphatic heterocycles. The number of aliphatic carboxylic acids is 1. The van der Waals surface area contributed by atoms with E-state index in [0.717, 1.165) is 12.8 Å². The van der Waals surface area contributed by atoms with Gasteiger partial charge in [-0.15, -0.1) is 0 Å². The largest absolute Gasteiger partial charge is 0.480 e. The Kier molecular flexibility index (Phi) is 17.0. The highest BCUT2D eigenvalue weighted by Crippen LogP contribution is 2.29. The summed E-state index contributed by atoms with van der Waals surface area (Å²) in [5.74, 6) is -2.92. The van der Waals surface area contributed by atoms with Crippen molar-refractivity contribution in [2.45, 2.75) is 111 Å². The predicted molar refractivity (Wildman–Crippen MR) is 171 cm³/mol. The van der Waals surface area contributed by atoms with Crippen LogP contribution in [0.5, 0.6) is 0 Å². The Hall–Kier alpha value is -2.77. The highest BCUT2D eigenvalue weighted by atomic mass is 16.5. The van der Waals surface area contributed by atoms with Gasteiger partial charge in [0, 0.05) is 33.9 Å². The fourth-order valence-electron chi connectivity index (χ4n) is 6.32. The van der Waals surface area contributed by atoms with Gasteiger partial charge in [-0.3, -0.25) is 28.9 Å². The van der Waals surface area contributed by atoms with Gasteiger partial charge < -0.3 is 35.0 Å². The molecule has 7 unspecified atom stereocenters. The minimum absolute atomic E-state index is 0.0105. The molecule has 13 heteroatoms. The number of nitrogens with zero attached hydrogens (tertiary/aromatic N) is 3. The third kappa shape index (κ3) is 11.2. The molecule has 260 valence electrons. The highest BCUT2D eigenvalue weighted by Gasteiger charge is 2.42. The quantitative estimate of drug-likeness (QED) is 0.191. The lowest BCUT2D eigenvalue weighted by atomic mass is 9.90. The molecule has 0 aromatic carbocycles. The number of hydrogen-bond acceptors (Lipinski definition) is 8. The van der Waals surface area contributed by atoms with Crippen molar-refractivity contribution in [1.82, 2.24) is 25.3 Å². The topological polar surface area (TPSA) is 158 Å². The predicted octanol–water partition coefficient (Wildman–Crippen LogP) is 1.59. The van der Waals surface area contributed by atoms with E-state index in [1.807, 2.05) is 53.5 Å². The maximum absolute atomic E-state index is 13.8. The van der Waals surface area contributed by atoms with Crippen molar-refractivity contribution >= 4 is 29.6 Å². The maximum atomic E-state index is 13.8. The van der Waals surface area contributed by atoms with Gasteiger partial charge in [0.25, 0.3) is 0 Å². The monoisotopic (exact) mass is 641 g/mol. The lowest BCUT2D eigenvalue weighted by Crippen LogP contribution is -2.55. The smallest absolute Gasteiger partial charge is 0.322 e. The van der Waals surface area contributed by atoms with E-state index in [4.69, 9.17) is 14.6 Å². The number of amides is 4. The molecule has 0 aliphatic carbocycles. The van der Waals surface area contributed by atoms with Crippen LogP contribution in [0.2, 0.25) is 0 Å². The zero-order chi connectivity index (χ0) is 34.6. The van der Waals surface area contributed by atoms with Gasteiger partial charge in [0.05, 0.1) is 49.2 Å². The van der Waals surface area contributed by atoms with Gasteiger partial charge in [0.1, 0.15) is 6.54 Å². The van der Waals surface area contributed by atoms with E-state index in [-0.39, 0.29) is 60.6 Å². The summed E-state index contributed by atoms with van der Waals surface area (Å²) < 4.78 is 11.6. The summed E-state index contributed by atoms with van der Waals surface area (Å²) in [7, 11) is 6.58. The first-order valence-corrected chi connectivity index (χ1v) is 16.1. The standard InChI is InChI=1S/C32H59N5O8/c1-12-21(6)29(36(9)26(39)17-33-32(43)28(19(2)3)35(8)20(4)5)24(44-10)16-25(38)37-15-13-14-23(37)30(45-11)22(7)31(42)34-18-27(40)41/h19-24,28-30H,12-18H2,1-11H3,(H,33,43)(H,34,42)(H,40,41). The zero-order valence-corrected chi connectivity index (χ0v) is 29.3. The molecule has 1 fully saturated rings. The van der Waals surface area contributed by atoms with Crippen LogP contribution in [-0.4, -0.2) is 134 Å². The molecule has 0 aromatic rings. The number of carbonyl (C=O) groups excluding carboxylic acids is 4. The SMILES string of the molecule is CCC(C)C(C(CC(=O)N1CCCC1C(OC)C(C)C(=O)NCC(=O)O)OC)N(C)C(=O)CNC(=O)C(C(C)C)N(C)C(C)C. The molecular formula is C32H59N5O8. The van der Waals surface area contributed by atoms with Gasteiger partial charge in [-0.25, -0.2) is 0 Å².